The Morgan fingerprint density at radius 3 is 2.43 bits per heavy atom. The summed E-state index contributed by atoms with van der Waals surface area (Å²) < 4.78 is 2.17. The first kappa shape index (κ1) is 17.8. The molecule has 0 atom stereocenters. The lowest BCUT2D eigenvalue weighted by Gasteiger charge is -2.13. The van der Waals surface area contributed by atoms with E-state index in [1.54, 1.807) is 6.20 Å². The Bertz CT molecular complexity index is 2070. The minimum Gasteiger partial charge on any atom is -0.274 e. The Labute approximate surface area is 200 Å². The number of hydrogen-bond acceptors (Lipinski definition) is 3. The summed E-state index contributed by atoms with van der Waals surface area (Å²) in [6.45, 7) is 0. The highest BCUT2D eigenvalue weighted by molar-refractivity contribution is 6.15. The van der Waals surface area contributed by atoms with Crippen molar-refractivity contribution in [3.05, 3.63) is 108 Å². The Morgan fingerprint density at radius 2 is 1.49 bits per heavy atom. The number of rotatable bonds is 0. The fourth-order valence-corrected chi connectivity index (χ4v) is 6.46. The monoisotopic (exact) mass is 446 g/mol. The number of benzene rings is 3. The number of imidazole rings is 1. The van der Waals surface area contributed by atoms with Crippen LogP contribution in [0.15, 0.2) is 85.3 Å². The molecule has 0 aliphatic heterocycles. The SMILES string of the molecule is c1ccc2c(c1)Cc1ccc3c(c1-2)-c1cc2c4cccnc4n4c5cnccc5nc4c2cc1C3. The van der Waals surface area contributed by atoms with Gasteiger partial charge in [-0.15, -0.1) is 0 Å². The molecule has 2 aliphatic carbocycles. The van der Waals surface area contributed by atoms with Gasteiger partial charge in [0.05, 0.1) is 17.2 Å². The van der Waals surface area contributed by atoms with Crippen molar-refractivity contribution in [2.75, 3.05) is 0 Å². The van der Waals surface area contributed by atoms with Crippen molar-refractivity contribution in [1.82, 2.24) is 19.4 Å². The maximum Gasteiger partial charge on any atom is 0.147 e. The van der Waals surface area contributed by atoms with E-state index >= 15 is 0 Å². The Balaban J connectivity index is 1.44. The fourth-order valence-electron chi connectivity index (χ4n) is 6.46. The molecule has 0 saturated carbocycles. The van der Waals surface area contributed by atoms with E-state index in [2.05, 4.69) is 64.0 Å². The molecule has 0 amide bonds. The minimum absolute atomic E-state index is 0.923. The molecule has 9 rings (SSSR count). The van der Waals surface area contributed by atoms with Crippen molar-refractivity contribution < 1.29 is 0 Å². The molecule has 4 aromatic heterocycles. The molecule has 7 aromatic rings. The average molecular weight is 447 g/mol. The molecule has 3 aromatic carbocycles. The first-order valence-corrected chi connectivity index (χ1v) is 12.0. The second-order valence-electron chi connectivity index (χ2n) is 9.71. The highest BCUT2D eigenvalue weighted by Crippen LogP contribution is 2.50. The van der Waals surface area contributed by atoms with E-state index in [1.807, 2.05) is 24.5 Å². The van der Waals surface area contributed by atoms with E-state index < -0.39 is 0 Å². The predicted octanol–water partition coefficient (Wildman–Crippen LogP) is 6.73. The van der Waals surface area contributed by atoms with Crippen LogP contribution in [0.3, 0.4) is 0 Å². The molecular weight excluding hydrogens is 428 g/mol. The molecule has 2 aliphatic rings. The maximum atomic E-state index is 5.04. The molecule has 0 saturated heterocycles. The Morgan fingerprint density at radius 1 is 0.629 bits per heavy atom. The van der Waals surface area contributed by atoms with Gasteiger partial charge < -0.3 is 0 Å². The molecular formula is C31H18N4. The van der Waals surface area contributed by atoms with E-state index in [4.69, 9.17) is 9.97 Å². The summed E-state index contributed by atoms with van der Waals surface area (Å²) in [4.78, 5) is 14.2. The van der Waals surface area contributed by atoms with Crippen LogP contribution in [0.5, 0.6) is 0 Å². The Hall–Kier alpha value is -4.57. The van der Waals surface area contributed by atoms with Crippen LogP contribution in [0.25, 0.3) is 60.7 Å². The van der Waals surface area contributed by atoms with Gasteiger partial charge in [0, 0.05) is 23.2 Å². The molecule has 35 heavy (non-hydrogen) atoms. The van der Waals surface area contributed by atoms with Crippen molar-refractivity contribution in [1.29, 1.82) is 0 Å². The lowest BCUT2D eigenvalue weighted by atomic mass is 9.92. The third-order valence-electron chi connectivity index (χ3n) is 7.93. The maximum absolute atomic E-state index is 5.04. The molecule has 0 fully saturated rings. The zero-order chi connectivity index (χ0) is 22.7. The molecule has 0 bridgehead atoms. The molecule has 4 heteroatoms. The van der Waals surface area contributed by atoms with E-state index in [1.165, 1.54) is 55.3 Å². The topological polar surface area (TPSA) is 43.1 Å². The number of hydrogen-bond donors (Lipinski definition) is 0. The number of pyridine rings is 3. The second kappa shape index (κ2) is 6.10. The summed E-state index contributed by atoms with van der Waals surface area (Å²) in [6, 6.07) is 24.5. The van der Waals surface area contributed by atoms with Crippen molar-refractivity contribution in [2.45, 2.75) is 12.8 Å². The van der Waals surface area contributed by atoms with Crippen LogP contribution in [-0.2, 0) is 12.8 Å². The highest BCUT2D eigenvalue weighted by atomic mass is 15.1. The summed E-state index contributed by atoms with van der Waals surface area (Å²) in [5.74, 6) is 0. The predicted molar refractivity (Wildman–Crippen MR) is 140 cm³/mol. The summed E-state index contributed by atoms with van der Waals surface area (Å²) in [5, 5.41) is 3.52. The van der Waals surface area contributed by atoms with E-state index in [0.717, 1.165) is 40.6 Å². The zero-order valence-corrected chi connectivity index (χ0v) is 18.8. The zero-order valence-electron chi connectivity index (χ0n) is 18.8. The van der Waals surface area contributed by atoms with Gasteiger partial charge in [0.1, 0.15) is 11.3 Å². The normalized spacial score (nSPS) is 13.5. The van der Waals surface area contributed by atoms with Crippen LogP contribution >= 0.6 is 0 Å². The summed E-state index contributed by atoms with van der Waals surface area (Å²) in [7, 11) is 0. The summed E-state index contributed by atoms with van der Waals surface area (Å²) in [6.07, 6.45) is 7.53. The van der Waals surface area contributed by atoms with E-state index in [9.17, 15) is 0 Å². The first-order valence-electron chi connectivity index (χ1n) is 12.0. The molecule has 4 heterocycles. The molecule has 0 unspecified atom stereocenters. The number of nitrogens with zero attached hydrogens (tertiary/aromatic N) is 4. The van der Waals surface area contributed by atoms with Crippen molar-refractivity contribution in [3.63, 3.8) is 0 Å². The number of aromatic nitrogens is 4. The first-order chi connectivity index (χ1) is 17.3. The van der Waals surface area contributed by atoms with Crippen molar-refractivity contribution >= 4 is 38.5 Å². The van der Waals surface area contributed by atoms with Gasteiger partial charge in [-0.25, -0.2) is 9.97 Å². The molecule has 0 radical (unpaired) electrons. The van der Waals surface area contributed by atoms with Gasteiger partial charge in [-0.3, -0.25) is 9.38 Å². The van der Waals surface area contributed by atoms with Gasteiger partial charge in [0.2, 0.25) is 0 Å². The Kier molecular flexibility index (Phi) is 3.11. The smallest absolute Gasteiger partial charge is 0.147 e. The van der Waals surface area contributed by atoms with Gasteiger partial charge in [-0.2, -0.15) is 0 Å². The van der Waals surface area contributed by atoms with Crippen LogP contribution in [-0.4, -0.2) is 19.4 Å². The summed E-state index contributed by atoms with van der Waals surface area (Å²) >= 11 is 0. The molecule has 0 N–H and O–H groups in total. The fraction of sp³-hybridized carbons (Fsp3) is 0.0645. The van der Waals surface area contributed by atoms with Crippen LogP contribution < -0.4 is 0 Å². The van der Waals surface area contributed by atoms with E-state index in [-0.39, 0.29) is 0 Å². The lowest BCUT2D eigenvalue weighted by molar-refractivity contribution is 1.22. The van der Waals surface area contributed by atoms with Gasteiger partial charge in [-0.1, -0.05) is 36.4 Å². The molecule has 162 valence electrons. The highest BCUT2D eigenvalue weighted by Gasteiger charge is 2.29. The second-order valence-corrected chi connectivity index (χ2v) is 9.71. The third-order valence-corrected chi connectivity index (χ3v) is 7.93. The van der Waals surface area contributed by atoms with Gasteiger partial charge in [-0.05, 0) is 93.1 Å². The van der Waals surface area contributed by atoms with E-state index in [0.29, 0.717) is 0 Å². The van der Waals surface area contributed by atoms with Crippen LogP contribution in [0.1, 0.15) is 22.3 Å². The van der Waals surface area contributed by atoms with Crippen molar-refractivity contribution in [2.24, 2.45) is 0 Å². The van der Waals surface area contributed by atoms with Crippen LogP contribution in [0.4, 0.5) is 0 Å². The standard InChI is InChI=1S/C31H18N4/c1-2-5-21-17(4-1)12-18-7-8-19-13-20-14-25-24(15-23(20)29(19)28(18)21)22-6-3-10-33-30(22)35-27-16-32-11-9-26(27)34-31(25)35/h1-11,14-16H,12-13H2. The van der Waals surface area contributed by atoms with Crippen molar-refractivity contribution in [3.8, 4) is 22.3 Å². The number of fused-ring (bicyclic) bond motifs is 15. The summed E-state index contributed by atoms with van der Waals surface area (Å²) in [5.41, 5.74) is 15.1. The lowest BCUT2D eigenvalue weighted by Crippen LogP contribution is -1.95. The third kappa shape index (κ3) is 2.15. The largest absolute Gasteiger partial charge is 0.274 e. The average Bonchev–Trinajstić information content (AvgIpc) is 3.58. The minimum atomic E-state index is 0.923. The van der Waals surface area contributed by atoms with Gasteiger partial charge >= 0.3 is 0 Å². The molecule has 0 spiro atoms. The van der Waals surface area contributed by atoms with Crippen LogP contribution in [0, 0.1) is 0 Å². The van der Waals surface area contributed by atoms with Crippen LogP contribution in [0.2, 0.25) is 0 Å². The molecule has 4 nitrogen and oxygen atoms in total. The quantitative estimate of drug-likeness (QED) is 0.243. The van der Waals surface area contributed by atoms with Gasteiger partial charge in [0.25, 0.3) is 0 Å². The van der Waals surface area contributed by atoms with Gasteiger partial charge in [0.15, 0.2) is 0 Å².